The summed E-state index contributed by atoms with van der Waals surface area (Å²) in [4.78, 5) is 4.13. The first-order valence-corrected chi connectivity index (χ1v) is 6.00. The molecule has 0 bridgehead atoms. The van der Waals surface area contributed by atoms with Gasteiger partial charge in [-0.25, -0.2) is 9.37 Å². The lowest BCUT2D eigenvalue weighted by Crippen LogP contribution is -2.08. The number of hydrogen-bond acceptors (Lipinski definition) is 3. The lowest BCUT2D eigenvalue weighted by molar-refractivity contribution is 0.614. The van der Waals surface area contributed by atoms with Gasteiger partial charge < -0.3 is 5.32 Å². The van der Waals surface area contributed by atoms with Gasteiger partial charge in [-0.2, -0.15) is 5.26 Å². The van der Waals surface area contributed by atoms with Crippen LogP contribution in [0.2, 0.25) is 0 Å². The van der Waals surface area contributed by atoms with Gasteiger partial charge in [-0.05, 0) is 43.2 Å². The molecule has 1 unspecified atom stereocenters. The van der Waals surface area contributed by atoms with Crippen molar-refractivity contribution in [1.29, 1.82) is 5.26 Å². The van der Waals surface area contributed by atoms with E-state index in [0.717, 1.165) is 5.56 Å². The van der Waals surface area contributed by atoms with E-state index in [1.165, 1.54) is 6.07 Å². The number of nitrogens with one attached hydrogen (secondary N) is 1. The Morgan fingerprint density at radius 2 is 2.11 bits per heavy atom. The van der Waals surface area contributed by atoms with Gasteiger partial charge in [-0.15, -0.1) is 0 Å². The van der Waals surface area contributed by atoms with Crippen LogP contribution in [0.25, 0.3) is 0 Å². The number of nitriles is 1. The van der Waals surface area contributed by atoms with E-state index in [4.69, 9.17) is 5.26 Å². The Hall–Kier alpha value is -2.41. The number of aromatic nitrogens is 1. The van der Waals surface area contributed by atoms with Crippen molar-refractivity contribution in [3.63, 3.8) is 0 Å². The maximum absolute atomic E-state index is 13.5. The van der Waals surface area contributed by atoms with Crippen LogP contribution in [0.1, 0.15) is 29.8 Å². The number of rotatable bonds is 3. The van der Waals surface area contributed by atoms with Gasteiger partial charge in [-0.1, -0.05) is 18.2 Å². The summed E-state index contributed by atoms with van der Waals surface area (Å²) >= 11 is 0. The van der Waals surface area contributed by atoms with Gasteiger partial charge in [0.25, 0.3) is 0 Å². The molecule has 2 rings (SSSR count). The molecule has 1 atom stereocenters. The summed E-state index contributed by atoms with van der Waals surface area (Å²) in [6, 6.07) is 12.2. The third kappa shape index (κ3) is 3.08. The first kappa shape index (κ1) is 13.0. The van der Waals surface area contributed by atoms with Crippen LogP contribution in [0.5, 0.6) is 0 Å². The summed E-state index contributed by atoms with van der Waals surface area (Å²) in [6.45, 7) is 3.65. The first-order valence-electron chi connectivity index (χ1n) is 6.00. The van der Waals surface area contributed by atoms with E-state index in [0.29, 0.717) is 17.1 Å². The van der Waals surface area contributed by atoms with Gasteiger partial charge in [0.15, 0.2) is 0 Å². The molecule has 0 aliphatic carbocycles. The molecule has 0 saturated carbocycles. The fourth-order valence-corrected chi connectivity index (χ4v) is 1.76. The molecule has 4 heteroatoms. The zero-order valence-corrected chi connectivity index (χ0v) is 10.8. The topological polar surface area (TPSA) is 48.7 Å². The summed E-state index contributed by atoms with van der Waals surface area (Å²) in [5, 5.41) is 11.9. The summed E-state index contributed by atoms with van der Waals surface area (Å²) in [6.07, 6.45) is 0. The Kier molecular flexibility index (Phi) is 3.76. The number of aryl methyl sites for hydroxylation is 1. The lowest BCUT2D eigenvalue weighted by Gasteiger charge is -2.15. The summed E-state index contributed by atoms with van der Waals surface area (Å²) < 4.78 is 13.5. The molecule has 2 aromatic rings. The molecule has 0 spiro atoms. The zero-order valence-electron chi connectivity index (χ0n) is 10.8. The van der Waals surface area contributed by atoms with Crippen molar-refractivity contribution < 1.29 is 4.39 Å². The fraction of sp³-hybridized carbons (Fsp3) is 0.200. The van der Waals surface area contributed by atoms with Crippen LogP contribution in [0.3, 0.4) is 0 Å². The van der Waals surface area contributed by atoms with Gasteiger partial charge in [0.1, 0.15) is 23.4 Å². The third-order valence-electron chi connectivity index (χ3n) is 2.92. The number of pyridine rings is 1. The molecule has 0 fully saturated rings. The minimum atomic E-state index is -0.218. The van der Waals surface area contributed by atoms with E-state index in [9.17, 15) is 4.39 Å². The van der Waals surface area contributed by atoms with E-state index < -0.39 is 0 Å². The molecular weight excluding hydrogens is 241 g/mol. The molecule has 0 saturated heterocycles. The second kappa shape index (κ2) is 5.49. The highest BCUT2D eigenvalue weighted by molar-refractivity contribution is 5.41. The van der Waals surface area contributed by atoms with Gasteiger partial charge in [0.2, 0.25) is 0 Å². The smallest absolute Gasteiger partial charge is 0.142 e. The Morgan fingerprint density at radius 3 is 2.79 bits per heavy atom. The second-order valence-corrected chi connectivity index (χ2v) is 4.39. The Labute approximate surface area is 111 Å². The quantitative estimate of drug-likeness (QED) is 0.912. The second-order valence-electron chi connectivity index (χ2n) is 4.39. The summed E-state index contributed by atoms with van der Waals surface area (Å²) in [5.41, 5.74) is 1.82. The average molecular weight is 255 g/mol. The minimum Gasteiger partial charge on any atom is -0.364 e. The van der Waals surface area contributed by atoms with Crippen LogP contribution in [0, 0.1) is 24.1 Å². The predicted molar refractivity (Wildman–Crippen MR) is 72.1 cm³/mol. The predicted octanol–water partition coefficient (Wildman–Crippen LogP) is 3.57. The van der Waals surface area contributed by atoms with Crippen molar-refractivity contribution in [3.8, 4) is 6.07 Å². The van der Waals surface area contributed by atoms with Crippen LogP contribution in [-0.4, -0.2) is 4.98 Å². The minimum absolute atomic E-state index is 0.0865. The van der Waals surface area contributed by atoms with E-state index in [2.05, 4.69) is 10.3 Å². The number of benzene rings is 1. The van der Waals surface area contributed by atoms with Crippen molar-refractivity contribution >= 4 is 5.82 Å². The van der Waals surface area contributed by atoms with E-state index in [-0.39, 0.29) is 11.9 Å². The van der Waals surface area contributed by atoms with Crippen LogP contribution in [-0.2, 0) is 0 Å². The van der Waals surface area contributed by atoms with Gasteiger partial charge in [-0.3, -0.25) is 0 Å². The first-order chi connectivity index (χ1) is 9.10. The monoisotopic (exact) mass is 255 g/mol. The molecular formula is C15H14FN3. The average Bonchev–Trinajstić information content (AvgIpc) is 2.42. The number of halogens is 1. The molecule has 96 valence electrons. The van der Waals surface area contributed by atoms with Gasteiger partial charge in [0.05, 0.1) is 6.04 Å². The van der Waals surface area contributed by atoms with Gasteiger partial charge >= 0.3 is 0 Å². The highest BCUT2D eigenvalue weighted by Gasteiger charge is 2.08. The van der Waals surface area contributed by atoms with Crippen molar-refractivity contribution in [2.45, 2.75) is 19.9 Å². The Bertz CT molecular complexity index is 632. The van der Waals surface area contributed by atoms with Crippen LogP contribution in [0.4, 0.5) is 10.2 Å². The van der Waals surface area contributed by atoms with Crippen LogP contribution in [0.15, 0.2) is 36.4 Å². The van der Waals surface area contributed by atoms with Gasteiger partial charge in [0, 0.05) is 0 Å². The third-order valence-corrected chi connectivity index (χ3v) is 2.92. The van der Waals surface area contributed by atoms with Crippen molar-refractivity contribution in [2.24, 2.45) is 0 Å². The molecule has 3 nitrogen and oxygen atoms in total. The van der Waals surface area contributed by atoms with Crippen molar-refractivity contribution in [1.82, 2.24) is 4.98 Å². The molecule has 19 heavy (non-hydrogen) atoms. The number of anilines is 1. The summed E-state index contributed by atoms with van der Waals surface area (Å²) in [7, 11) is 0. The lowest BCUT2D eigenvalue weighted by atomic mass is 10.1. The van der Waals surface area contributed by atoms with Crippen LogP contribution < -0.4 is 5.32 Å². The molecule has 0 aliphatic rings. The highest BCUT2D eigenvalue weighted by Crippen LogP contribution is 2.20. The Balaban J connectivity index is 2.18. The normalized spacial score (nSPS) is 11.7. The van der Waals surface area contributed by atoms with Crippen LogP contribution >= 0.6 is 0 Å². The van der Waals surface area contributed by atoms with E-state index in [1.54, 1.807) is 31.2 Å². The SMILES string of the molecule is Cc1ccc(C(C)Nc2cccc(C#N)n2)cc1F. The standard InChI is InChI=1S/C15H14FN3/c1-10-6-7-12(8-14(10)16)11(2)18-15-5-3-4-13(9-17)19-15/h3-8,11H,1-2H3,(H,18,19). The summed E-state index contributed by atoms with van der Waals surface area (Å²) in [5.74, 6) is 0.386. The maximum Gasteiger partial charge on any atom is 0.142 e. The maximum atomic E-state index is 13.5. The number of nitrogens with zero attached hydrogens (tertiary/aromatic N) is 2. The molecule has 0 aliphatic heterocycles. The fourth-order valence-electron chi connectivity index (χ4n) is 1.76. The molecule has 1 aromatic carbocycles. The molecule has 1 N–H and O–H groups in total. The van der Waals surface area contributed by atoms with E-state index in [1.807, 2.05) is 19.1 Å². The largest absolute Gasteiger partial charge is 0.364 e. The van der Waals surface area contributed by atoms with Crippen molar-refractivity contribution in [3.05, 3.63) is 59.0 Å². The Morgan fingerprint density at radius 1 is 1.32 bits per heavy atom. The molecule has 0 radical (unpaired) electrons. The molecule has 0 amide bonds. The number of hydrogen-bond donors (Lipinski definition) is 1. The van der Waals surface area contributed by atoms with E-state index >= 15 is 0 Å². The highest BCUT2D eigenvalue weighted by atomic mass is 19.1. The van der Waals surface area contributed by atoms with Crippen molar-refractivity contribution in [2.75, 3.05) is 5.32 Å². The molecule has 1 aromatic heterocycles. The zero-order chi connectivity index (χ0) is 13.8. The molecule has 1 heterocycles.